The van der Waals surface area contributed by atoms with Crippen LogP contribution in [0.15, 0.2) is 33.9 Å². The fraction of sp³-hybridized carbons (Fsp3) is 0.524. The molecule has 1 aliphatic rings. The summed E-state index contributed by atoms with van der Waals surface area (Å²) in [6, 6.07) is 8.14. The fourth-order valence-electron chi connectivity index (χ4n) is 3.88. The number of aromatic nitrogens is 2. The van der Waals surface area contributed by atoms with Crippen LogP contribution in [0, 0.1) is 6.92 Å². The molecule has 0 aliphatic carbocycles. The first-order valence-electron chi connectivity index (χ1n) is 10.0. The summed E-state index contributed by atoms with van der Waals surface area (Å²) in [6.45, 7) is 7.38. The molecular formula is C21H32ClN5O3. The molecule has 8 nitrogen and oxygen atoms in total. The highest BCUT2D eigenvalue weighted by molar-refractivity contribution is 5.85. The van der Waals surface area contributed by atoms with Crippen molar-refractivity contribution in [3.8, 4) is 5.75 Å². The zero-order valence-electron chi connectivity index (χ0n) is 18.2. The largest absolute Gasteiger partial charge is 0.495 e. The monoisotopic (exact) mass is 437 g/mol. The molecule has 0 spiro atoms. The molecule has 1 saturated heterocycles. The molecule has 0 amide bonds. The lowest BCUT2D eigenvalue weighted by atomic mass is 10.2. The second-order valence-electron chi connectivity index (χ2n) is 7.46. The van der Waals surface area contributed by atoms with Crippen molar-refractivity contribution in [3.05, 3.63) is 50.7 Å². The Bertz CT molecular complexity index is 927. The van der Waals surface area contributed by atoms with Crippen molar-refractivity contribution >= 4 is 23.9 Å². The molecule has 0 atom stereocenters. The number of nitrogens with one attached hydrogen (secondary N) is 1. The molecule has 2 heterocycles. The van der Waals surface area contributed by atoms with E-state index in [2.05, 4.69) is 21.2 Å². The van der Waals surface area contributed by atoms with E-state index in [1.54, 1.807) is 21.1 Å². The summed E-state index contributed by atoms with van der Waals surface area (Å²) in [6.07, 6.45) is 0.942. The summed E-state index contributed by atoms with van der Waals surface area (Å²) in [5.74, 6) is 1.53. The molecule has 9 heteroatoms. The Balaban J connectivity index is 0.00000320. The van der Waals surface area contributed by atoms with Crippen LogP contribution in [-0.4, -0.2) is 60.4 Å². The Morgan fingerprint density at radius 1 is 1.03 bits per heavy atom. The lowest BCUT2D eigenvalue weighted by Crippen LogP contribution is -2.47. The second kappa shape index (κ2) is 10.5. The lowest BCUT2D eigenvalue weighted by molar-refractivity contribution is 0.256. The van der Waals surface area contributed by atoms with Gasteiger partial charge in [0.1, 0.15) is 11.6 Å². The van der Waals surface area contributed by atoms with Crippen LogP contribution in [0.3, 0.4) is 0 Å². The van der Waals surface area contributed by atoms with E-state index in [4.69, 9.17) is 4.74 Å². The second-order valence-corrected chi connectivity index (χ2v) is 7.46. The maximum Gasteiger partial charge on any atom is 0.332 e. The number of hydrogen-bond acceptors (Lipinski definition) is 6. The predicted octanol–water partition coefficient (Wildman–Crippen LogP) is 1.45. The summed E-state index contributed by atoms with van der Waals surface area (Å²) >= 11 is 0. The average Bonchev–Trinajstić information content (AvgIpc) is 2.76. The minimum absolute atomic E-state index is 0. The summed E-state index contributed by atoms with van der Waals surface area (Å²) in [7, 11) is 4.91. The van der Waals surface area contributed by atoms with Gasteiger partial charge in [-0.25, -0.2) is 4.79 Å². The summed E-state index contributed by atoms with van der Waals surface area (Å²) in [5, 5.41) is 3.28. The molecule has 166 valence electrons. The van der Waals surface area contributed by atoms with Gasteiger partial charge in [0, 0.05) is 46.8 Å². The first-order valence-corrected chi connectivity index (χ1v) is 10.0. The van der Waals surface area contributed by atoms with Gasteiger partial charge in [0.05, 0.1) is 18.4 Å². The smallest absolute Gasteiger partial charge is 0.332 e. The summed E-state index contributed by atoms with van der Waals surface area (Å²) < 4.78 is 8.12. The number of piperazine rings is 1. The zero-order chi connectivity index (χ0) is 21.0. The van der Waals surface area contributed by atoms with Crippen molar-refractivity contribution < 1.29 is 4.74 Å². The van der Waals surface area contributed by atoms with E-state index in [1.807, 2.05) is 18.2 Å². The van der Waals surface area contributed by atoms with Crippen molar-refractivity contribution in [1.29, 1.82) is 0 Å². The van der Waals surface area contributed by atoms with E-state index in [0.717, 1.165) is 55.1 Å². The van der Waals surface area contributed by atoms with E-state index in [-0.39, 0.29) is 23.7 Å². The summed E-state index contributed by atoms with van der Waals surface area (Å²) in [5.41, 5.74) is 1.16. The number of para-hydroxylation sites is 2. The van der Waals surface area contributed by atoms with Crippen LogP contribution < -0.4 is 26.2 Å². The maximum atomic E-state index is 12.1. The van der Waals surface area contributed by atoms with E-state index < -0.39 is 0 Å². The molecule has 1 aromatic carbocycles. The van der Waals surface area contributed by atoms with Crippen molar-refractivity contribution in [1.82, 2.24) is 14.0 Å². The van der Waals surface area contributed by atoms with Gasteiger partial charge in [-0.05, 0) is 32.0 Å². The average molecular weight is 438 g/mol. The molecule has 0 radical (unpaired) electrons. The molecule has 1 fully saturated rings. The number of benzene rings is 1. The third-order valence-corrected chi connectivity index (χ3v) is 5.63. The fourth-order valence-corrected chi connectivity index (χ4v) is 3.88. The number of nitrogens with zero attached hydrogens (tertiary/aromatic N) is 4. The minimum atomic E-state index is -0.310. The maximum absolute atomic E-state index is 12.1. The third kappa shape index (κ3) is 4.99. The van der Waals surface area contributed by atoms with Crippen molar-refractivity contribution in [2.24, 2.45) is 14.1 Å². The van der Waals surface area contributed by atoms with Crippen LogP contribution in [0.4, 0.5) is 11.5 Å². The van der Waals surface area contributed by atoms with Crippen molar-refractivity contribution in [2.45, 2.75) is 13.3 Å². The molecule has 0 unspecified atom stereocenters. The van der Waals surface area contributed by atoms with Gasteiger partial charge in [-0.3, -0.25) is 18.8 Å². The minimum Gasteiger partial charge on any atom is -0.495 e. The van der Waals surface area contributed by atoms with Crippen molar-refractivity contribution in [3.63, 3.8) is 0 Å². The van der Waals surface area contributed by atoms with E-state index in [0.29, 0.717) is 17.9 Å². The lowest BCUT2D eigenvalue weighted by Gasteiger charge is -2.36. The van der Waals surface area contributed by atoms with Gasteiger partial charge in [0.15, 0.2) is 0 Å². The first-order chi connectivity index (χ1) is 13.9. The van der Waals surface area contributed by atoms with Gasteiger partial charge in [0.2, 0.25) is 0 Å². The Kier molecular flexibility index (Phi) is 8.37. The zero-order valence-corrected chi connectivity index (χ0v) is 19.0. The van der Waals surface area contributed by atoms with Crippen LogP contribution in [0.5, 0.6) is 5.75 Å². The standard InChI is InChI=1S/C21H31N5O3.ClH/c1-16-19(23(2)21(28)24(3)20(16)27)22-10-7-11-25-12-14-26(15-13-25)17-8-5-6-9-18(17)29-4;/h5-6,8-9,22H,7,10-15H2,1-4H3;1H. The Hall–Kier alpha value is -2.45. The number of anilines is 2. The molecule has 0 saturated carbocycles. The molecule has 30 heavy (non-hydrogen) atoms. The molecule has 1 aliphatic heterocycles. The SMILES string of the molecule is COc1ccccc1N1CCN(CCCNc2c(C)c(=O)n(C)c(=O)n2C)CC1.Cl. The van der Waals surface area contributed by atoms with Crippen LogP contribution >= 0.6 is 12.4 Å². The van der Waals surface area contributed by atoms with Crippen LogP contribution in [0.2, 0.25) is 0 Å². The van der Waals surface area contributed by atoms with Gasteiger partial charge < -0.3 is 15.0 Å². The number of methoxy groups -OCH3 is 1. The van der Waals surface area contributed by atoms with Crippen LogP contribution in [0.25, 0.3) is 0 Å². The molecule has 0 bridgehead atoms. The molecule has 3 rings (SSSR count). The number of ether oxygens (including phenoxy) is 1. The van der Waals surface area contributed by atoms with E-state index >= 15 is 0 Å². The highest BCUT2D eigenvalue weighted by Crippen LogP contribution is 2.28. The highest BCUT2D eigenvalue weighted by atomic mass is 35.5. The highest BCUT2D eigenvalue weighted by Gasteiger charge is 2.19. The van der Waals surface area contributed by atoms with Gasteiger partial charge >= 0.3 is 5.69 Å². The molecular weight excluding hydrogens is 406 g/mol. The molecule has 1 aromatic heterocycles. The van der Waals surface area contributed by atoms with Gasteiger partial charge in [-0.1, -0.05) is 12.1 Å². The molecule has 1 N–H and O–H groups in total. The number of rotatable bonds is 7. The number of halogens is 1. The van der Waals surface area contributed by atoms with Gasteiger partial charge in [0.25, 0.3) is 5.56 Å². The third-order valence-electron chi connectivity index (χ3n) is 5.63. The Morgan fingerprint density at radius 3 is 2.37 bits per heavy atom. The topological polar surface area (TPSA) is 71.7 Å². The Labute approximate surface area is 183 Å². The van der Waals surface area contributed by atoms with E-state index in [9.17, 15) is 9.59 Å². The van der Waals surface area contributed by atoms with Gasteiger partial charge in [-0.15, -0.1) is 12.4 Å². The molecule has 2 aromatic rings. The quantitative estimate of drug-likeness (QED) is 0.661. The van der Waals surface area contributed by atoms with Crippen LogP contribution in [0.1, 0.15) is 12.0 Å². The van der Waals surface area contributed by atoms with E-state index in [1.165, 1.54) is 11.6 Å². The van der Waals surface area contributed by atoms with Crippen LogP contribution in [-0.2, 0) is 14.1 Å². The first kappa shape index (κ1) is 23.8. The van der Waals surface area contributed by atoms with Crippen molar-refractivity contribution in [2.75, 3.05) is 56.6 Å². The normalized spacial score (nSPS) is 14.3. The number of hydrogen-bond donors (Lipinski definition) is 1. The van der Waals surface area contributed by atoms with Gasteiger partial charge in [-0.2, -0.15) is 0 Å². The predicted molar refractivity (Wildman–Crippen MR) is 124 cm³/mol. The Morgan fingerprint density at radius 2 is 1.70 bits per heavy atom. The summed E-state index contributed by atoms with van der Waals surface area (Å²) in [4.78, 5) is 29.0.